The molecule has 0 aliphatic carbocycles. The van der Waals surface area contributed by atoms with E-state index in [1.807, 2.05) is 13.8 Å². The molecule has 1 aromatic heterocycles. The second-order valence-electron chi connectivity index (χ2n) is 4.52. The molecule has 1 heterocycles. The zero-order valence-corrected chi connectivity index (χ0v) is 10.9. The van der Waals surface area contributed by atoms with Crippen LogP contribution in [-0.2, 0) is 6.54 Å². The zero-order valence-electron chi connectivity index (χ0n) is 10.9. The fraction of sp³-hybridized carbons (Fsp3) is 0.286. The number of hydrogen-bond acceptors (Lipinski definition) is 4. The molecule has 2 aromatic rings. The van der Waals surface area contributed by atoms with Gasteiger partial charge in [-0.15, -0.1) is 0 Å². The van der Waals surface area contributed by atoms with Crippen LogP contribution in [0.5, 0.6) is 5.75 Å². The predicted molar refractivity (Wildman–Crippen MR) is 72.4 cm³/mol. The number of fused-ring (bicyclic) bond motifs is 1. The second-order valence-corrected chi connectivity index (χ2v) is 4.52. The molecule has 5 nitrogen and oxygen atoms in total. The molecule has 0 saturated carbocycles. The van der Waals surface area contributed by atoms with E-state index in [1.165, 1.54) is 6.07 Å². The lowest BCUT2D eigenvalue weighted by atomic mass is 10.1. The van der Waals surface area contributed by atoms with Crippen molar-refractivity contribution in [2.24, 2.45) is 5.73 Å². The first-order valence-corrected chi connectivity index (χ1v) is 6.05. The molecule has 1 aromatic carbocycles. The predicted octanol–water partition coefficient (Wildman–Crippen LogP) is 2.18. The van der Waals surface area contributed by atoms with Crippen LogP contribution in [0, 0.1) is 0 Å². The first-order chi connectivity index (χ1) is 9.01. The smallest absolute Gasteiger partial charge is 0.336 e. The lowest BCUT2D eigenvalue weighted by Gasteiger charge is -2.11. The first-order valence-electron chi connectivity index (χ1n) is 6.05. The van der Waals surface area contributed by atoms with Crippen LogP contribution in [0.4, 0.5) is 0 Å². The maximum Gasteiger partial charge on any atom is 0.336 e. The van der Waals surface area contributed by atoms with Gasteiger partial charge in [-0.1, -0.05) is 0 Å². The highest BCUT2D eigenvalue weighted by molar-refractivity contribution is 6.03. The maximum atomic E-state index is 11.3. The van der Waals surface area contributed by atoms with Crippen LogP contribution < -0.4 is 10.5 Å². The lowest BCUT2D eigenvalue weighted by molar-refractivity contribution is 0.0699. The highest BCUT2D eigenvalue weighted by Crippen LogP contribution is 2.24. The van der Waals surface area contributed by atoms with Crippen molar-refractivity contribution < 1.29 is 14.6 Å². The Hall–Kier alpha value is -2.14. The fourth-order valence-electron chi connectivity index (χ4n) is 1.89. The average molecular weight is 260 g/mol. The molecule has 0 bridgehead atoms. The molecule has 0 amide bonds. The van der Waals surface area contributed by atoms with Crippen molar-refractivity contribution >= 4 is 16.9 Å². The van der Waals surface area contributed by atoms with Crippen molar-refractivity contribution in [2.45, 2.75) is 26.5 Å². The molecule has 0 spiro atoms. The number of carboxylic acid groups (broad SMARTS) is 1. The Bertz CT molecular complexity index is 623. The van der Waals surface area contributed by atoms with E-state index >= 15 is 0 Å². The molecule has 100 valence electrons. The summed E-state index contributed by atoms with van der Waals surface area (Å²) in [5.41, 5.74) is 6.89. The number of rotatable bonds is 4. The van der Waals surface area contributed by atoms with Crippen molar-refractivity contribution in [2.75, 3.05) is 0 Å². The van der Waals surface area contributed by atoms with E-state index in [1.54, 1.807) is 18.2 Å². The van der Waals surface area contributed by atoms with Crippen molar-refractivity contribution in [1.82, 2.24) is 4.98 Å². The van der Waals surface area contributed by atoms with Crippen molar-refractivity contribution in [3.63, 3.8) is 0 Å². The van der Waals surface area contributed by atoms with Crippen LogP contribution in [0.1, 0.15) is 29.9 Å². The third-order valence-corrected chi connectivity index (χ3v) is 2.64. The van der Waals surface area contributed by atoms with E-state index in [-0.39, 0.29) is 18.2 Å². The van der Waals surface area contributed by atoms with Gasteiger partial charge in [-0.3, -0.25) is 4.98 Å². The van der Waals surface area contributed by atoms with Gasteiger partial charge in [0.25, 0.3) is 0 Å². The number of carbonyl (C=O) groups is 1. The van der Waals surface area contributed by atoms with E-state index in [0.29, 0.717) is 22.3 Å². The van der Waals surface area contributed by atoms with E-state index in [0.717, 1.165) is 0 Å². The molecule has 3 N–H and O–H groups in total. The third-order valence-electron chi connectivity index (χ3n) is 2.64. The number of aromatic carboxylic acids is 1. The highest BCUT2D eigenvalue weighted by atomic mass is 16.5. The molecule has 0 atom stereocenters. The second kappa shape index (κ2) is 5.24. The van der Waals surface area contributed by atoms with Crippen LogP contribution in [0.3, 0.4) is 0 Å². The van der Waals surface area contributed by atoms with Gasteiger partial charge >= 0.3 is 5.97 Å². The molecule has 0 aliphatic rings. The number of aromatic nitrogens is 1. The molecule has 0 unspecified atom stereocenters. The Labute approximate surface area is 111 Å². The van der Waals surface area contributed by atoms with Gasteiger partial charge in [0.1, 0.15) is 5.75 Å². The number of nitrogens with two attached hydrogens (primary N) is 1. The Morgan fingerprint density at radius 1 is 1.42 bits per heavy atom. The summed E-state index contributed by atoms with van der Waals surface area (Å²) in [5.74, 6) is -0.365. The standard InChI is InChI=1S/C14H16N2O3/c1-8(2)19-10-3-4-13-11(6-10)12(14(17)18)5-9(7-15)16-13/h3-6,8H,7,15H2,1-2H3,(H,17,18). The van der Waals surface area contributed by atoms with E-state index in [2.05, 4.69) is 4.98 Å². The van der Waals surface area contributed by atoms with E-state index in [9.17, 15) is 9.90 Å². The van der Waals surface area contributed by atoms with Gasteiger partial charge in [-0.05, 0) is 38.1 Å². The summed E-state index contributed by atoms with van der Waals surface area (Å²) in [6.45, 7) is 4.04. The van der Waals surface area contributed by atoms with Crippen LogP contribution in [0.15, 0.2) is 24.3 Å². The van der Waals surface area contributed by atoms with Gasteiger partial charge < -0.3 is 15.6 Å². The summed E-state index contributed by atoms with van der Waals surface area (Å²) in [6.07, 6.45) is 0.0296. The minimum atomic E-state index is -0.996. The van der Waals surface area contributed by atoms with Crippen LogP contribution >= 0.6 is 0 Å². The monoisotopic (exact) mass is 260 g/mol. The first kappa shape index (κ1) is 13.3. The Kier molecular flexibility index (Phi) is 3.66. The molecule has 0 fully saturated rings. The number of benzene rings is 1. The molecule has 2 rings (SSSR count). The van der Waals surface area contributed by atoms with Crippen LogP contribution in [0.2, 0.25) is 0 Å². The topological polar surface area (TPSA) is 85.4 Å². The van der Waals surface area contributed by atoms with Gasteiger partial charge in [0.15, 0.2) is 0 Å². The molecule has 19 heavy (non-hydrogen) atoms. The van der Waals surface area contributed by atoms with Gasteiger partial charge in [0.2, 0.25) is 0 Å². The molecular weight excluding hydrogens is 244 g/mol. The zero-order chi connectivity index (χ0) is 14.0. The summed E-state index contributed by atoms with van der Waals surface area (Å²) >= 11 is 0. The Morgan fingerprint density at radius 2 is 2.16 bits per heavy atom. The molecule has 0 saturated heterocycles. The van der Waals surface area contributed by atoms with Gasteiger partial charge in [0.05, 0.1) is 22.9 Å². The SMILES string of the molecule is CC(C)Oc1ccc2nc(CN)cc(C(=O)O)c2c1. The van der Waals surface area contributed by atoms with E-state index in [4.69, 9.17) is 10.5 Å². The number of pyridine rings is 1. The quantitative estimate of drug-likeness (QED) is 0.880. The summed E-state index contributed by atoms with van der Waals surface area (Å²) in [7, 11) is 0. The van der Waals surface area contributed by atoms with Crippen molar-refractivity contribution in [1.29, 1.82) is 0 Å². The third kappa shape index (κ3) is 2.82. The summed E-state index contributed by atoms with van der Waals surface area (Å²) in [5, 5.41) is 9.82. The largest absolute Gasteiger partial charge is 0.491 e. The molecule has 5 heteroatoms. The minimum absolute atomic E-state index is 0.0296. The van der Waals surface area contributed by atoms with Crippen molar-refractivity contribution in [3.8, 4) is 5.75 Å². The van der Waals surface area contributed by atoms with E-state index < -0.39 is 5.97 Å². The van der Waals surface area contributed by atoms with Crippen LogP contribution in [-0.4, -0.2) is 22.2 Å². The normalized spacial score (nSPS) is 10.9. The number of nitrogens with zero attached hydrogens (tertiary/aromatic N) is 1. The minimum Gasteiger partial charge on any atom is -0.491 e. The Morgan fingerprint density at radius 3 is 2.74 bits per heavy atom. The number of hydrogen-bond donors (Lipinski definition) is 2. The molecular formula is C14H16N2O3. The summed E-state index contributed by atoms with van der Waals surface area (Å²) in [4.78, 5) is 15.6. The summed E-state index contributed by atoms with van der Waals surface area (Å²) < 4.78 is 5.57. The lowest BCUT2D eigenvalue weighted by Crippen LogP contribution is -2.07. The van der Waals surface area contributed by atoms with Crippen LogP contribution in [0.25, 0.3) is 10.9 Å². The molecule has 0 aliphatic heterocycles. The van der Waals surface area contributed by atoms with Gasteiger partial charge in [-0.25, -0.2) is 4.79 Å². The number of ether oxygens (including phenoxy) is 1. The van der Waals surface area contributed by atoms with Gasteiger partial charge in [0, 0.05) is 11.9 Å². The Balaban J connectivity index is 2.62. The number of carboxylic acids is 1. The fourth-order valence-corrected chi connectivity index (χ4v) is 1.89. The molecule has 0 radical (unpaired) electrons. The maximum absolute atomic E-state index is 11.3. The van der Waals surface area contributed by atoms with Gasteiger partial charge in [-0.2, -0.15) is 0 Å². The average Bonchev–Trinajstić information content (AvgIpc) is 2.36. The van der Waals surface area contributed by atoms with Crippen molar-refractivity contribution in [3.05, 3.63) is 35.5 Å². The highest BCUT2D eigenvalue weighted by Gasteiger charge is 2.12. The summed E-state index contributed by atoms with van der Waals surface area (Å²) in [6, 6.07) is 6.73.